The Hall–Kier alpha value is -1.30. The van der Waals surface area contributed by atoms with E-state index >= 15 is 0 Å². The summed E-state index contributed by atoms with van der Waals surface area (Å²) in [7, 11) is 0. The molecule has 30 heavy (non-hydrogen) atoms. The zero-order valence-electron chi connectivity index (χ0n) is 16.3. The van der Waals surface area contributed by atoms with Crippen LogP contribution in [0, 0.1) is 10.8 Å². The first-order valence-electron chi connectivity index (χ1n) is 8.66. The molecule has 0 saturated heterocycles. The van der Waals surface area contributed by atoms with E-state index in [0.717, 1.165) is 0 Å². The standard InChI is InChI=1S/C10H22O7.C6H10O7/c11-1-9(2-12,3-13)7-17-8-10(4-14,5-15)6-16;7-1-3(9)5(11)13-6(12)4(10)2-8/h11-16H,1-8H2;3-4,7-10H,1-2H2. The van der Waals surface area contributed by atoms with E-state index in [-0.39, 0.29) is 13.2 Å². The summed E-state index contributed by atoms with van der Waals surface area (Å²) in [4.78, 5) is 21.1. The minimum Gasteiger partial charge on any atom is -0.396 e. The smallest absolute Gasteiger partial charge is 0.345 e. The van der Waals surface area contributed by atoms with Gasteiger partial charge in [-0.25, -0.2) is 9.59 Å². The van der Waals surface area contributed by atoms with Crippen LogP contribution in [-0.2, 0) is 19.1 Å². The Labute approximate surface area is 172 Å². The van der Waals surface area contributed by atoms with E-state index in [9.17, 15) is 9.59 Å². The molecule has 0 rings (SSSR count). The van der Waals surface area contributed by atoms with Crippen LogP contribution in [0.25, 0.3) is 0 Å². The average Bonchev–Trinajstić information content (AvgIpc) is 2.79. The summed E-state index contributed by atoms with van der Waals surface area (Å²) < 4.78 is 9.01. The lowest BCUT2D eigenvalue weighted by molar-refractivity contribution is -0.173. The summed E-state index contributed by atoms with van der Waals surface area (Å²) in [5.41, 5.74) is -2.32. The Morgan fingerprint density at radius 2 is 0.867 bits per heavy atom. The Balaban J connectivity index is 0. The lowest BCUT2D eigenvalue weighted by atomic mass is 9.91. The monoisotopic (exact) mass is 448 g/mol. The van der Waals surface area contributed by atoms with Crippen molar-refractivity contribution >= 4 is 11.9 Å². The van der Waals surface area contributed by atoms with Crippen LogP contribution in [0.5, 0.6) is 0 Å². The van der Waals surface area contributed by atoms with E-state index in [0.29, 0.717) is 0 Å². The largest absolute Gasteiger partial charge is 0.396 e. The molecule has 0 spiro atoms. The fourth-order valence-electron chi connectivity index (χ4n) is 1.44. The summed E-state index contributed by atoms with van der Waals surface area (Å²) in [6.07, 6.45) is -3.65. The predicted octanol–water partition coefficient (Wildman–Crippen LogP) is -6.31. The van der Waals surface area contributed by atoms with Gasteiger partial charge in [-0.1, -0.05) is 0 Å². The van der Waals surface area contributed by atoms with Gasteiger partial charge in [-0.2, -0.15) is 0 Å². The van der Waals surface area contributed by atoms with Crippen LogP contribution in [0.15, 0.2) is 0 Å². The van der Waals surface area contributed by atoms with Gasteiger partial charge in [-0.3, -0.25) is 0 Å². The molecule has 0 aliphatic rings. The Bertz CT molecular complexity index is 406. The molecular weight excluding hydrogens is 416 g/mol. The van der Waals surface area contributed by atoms with Gasteiger partial charge in [0.15, 0.2) is 12.2 Å². The summed E-state index contributed by atoms with van der Waals surface area (Å²) in [6, 6.07) is 0. The van der Waals surface area contributed by atoms with Gasteiger partial charge in [0, 0.05) is 0 Å². The number of hydrogen-bond acceptors (Lipinski definition) is 14. The van der Waals surface area contributed by atoms with E-state index < -0.39 is 87.8 Å². The van der Waals surface area contributed by atoms with Gasteiger partial charge in [0.05, 0.1) is 76.9 Å². The molecule has 0 aliphatic heterocycles. The first kappa shape index (κ1) is 30.9. The highest BCUT2D eigenvalue weighted by molar-refractivity contribution is 5.89. The van der Waals surface area contributed by atoms with Gasteiger partial charge < -0.3 is 60.5 Å². The number of ether oxygens (including phenoxy) is 2. The number of hydrogen-bond donors (Lipinski definition) is 10. The van der Waals surface area contributed by atoms with E-state index in [1.165, 1.54) is 0 Å². The lowest BCUT2D eigenvalue weighted by Crippen LogP contribution is -2.43. The summed E-state index contributed by atoms with van der Waals surface area (Å²) in [5, 5.41) is 87.9. The molecule has 0 bridgehead atoms. The molecule has 0 aromatic rings. The highest BCUT2D eigenvalue weighted by atomic mass is 16.6. The second-order valence-corrected chi connectivity index (χ2v) is 6.58. The maximum Gasteiger partial charge on any atom is 0.345 e. The maximum absolute atomic E-state index is 10.6. The molecule has 14 heteroatoms. The fourth-order valence-corrected chi connectivity index (χ4v) is 1.44. The van der Waals surface area contributed by atoms with E-state index in [2.05, 4.69) is 4.74 Å². The molecule has 0 amide bonds. The molecule has 0 saturated carbocycles. The molecular formula is C16H32O14. The van der Waals surface area contributed by atoms with Gasteiger partial charge in [0.2, 0.25) is 0 Å². The van der Waals surface area contributed by atoms with Crippen molar-refractivity contribution in [2.75, 3.05) is 66.1 Å². The van der Waals surface area contributed by atoms with Crippen molar-refractivity contribution in [2.24, 2.45) is 10.8 Å². The molecule has 0 aromatic carbocycles. The van der Waals surface area contributed by atoms with Crippen molar-refractivity contribution in [1.29, 1.82) is 0 Å². The molecule has 0 aromatic heterocycles. The summed E-state index contributed by atoms with van der Waals surface area (Å²) in [5.74, 6) is -2.75. The van der Waals surface area contributed by atoms with Gasteiger partial charge in [-0.15, -0.1) is 0 Å². The van der Waals surface area contributed by atoms with Crippen molar-refractivity contribution in [3.8, 4) is 0 Å². The average molecular weight is 448 g/mol. The molecule has 2 atom stereocenters. The number of carbonyl (C=O) groups excluding carboxylic acids is 2. The molecule has 10 N–H and O–H groups in total. The normalized spacial score (nSPS) is 13.8. The molecule has 14 nitrogen and oxygen atoms in total. The van der Waals surface area contributed by atoms with Gasteiger partial charge >= 0.3 is 11.9 Å². The van der Waals surface area contributed by atoms with Crippen LogP contribution < -0.4 is 0 Å². The van der Waals surface area contributed by atoms with Crippen LogP contribution in [0.4, 0.5) is 0 Å². The Morgan fingerprint density at radius 3 is 1.07 bits per heavy atom. The number of esters is 2. The molecule has 0 radical (unpaired) electrons. The SMILES string of the molecule is O=C(OC(=O)C(O)CO)C(O)CO.OCC(CO)(CO)COCC(CO)(CO)CO. The van der Waals surface area contributed by atoms with Crippen LogP contribution in [-0.4, -0.2) is 141 Å². The van der Waals surface area contributed by atoms with Crippen molar-refractivity contribution in [1.82, 2.24) is 0 Å². The number of carbonyl (C=O) groups is 2. The third kappa shape index (κ3) is 10.6. The second kappa shape index (κ2) is 16.4. The highest BCUT2D eigenvalue weighted by Crippen LogP contribution is 2.19. The van der Waals surface area contributed by atoms with Gasteiger partial charge in [-0.05, 0) is 0 Å². The highest BCUT2D eigenvalue weighted by Gasteiger charge is 2.32. The number of aliphatic hydroxyl groups excluding tert-OH is 10. The third-order valence-electron chi connectivity index (χ3n) is 3.92. The summed E-state index contributed by atoms with van der Waals surface area (Å²) >= 11 is 0. The molecule has 0 fully saturated rings. The third-order valence-corrected chi connectivity index (χ3v) is 3.92. The summed E-state index contributed by atoms with van der Waals surface area (Å²) in [6.45, 7) is -4.78. The first-order valence-corrected chi connectivity index (χ1v) is 8.66. The number of rotatable bonds is 14. The predicted molar refractivity (Wildman–Crippen MR) is 95.5 cm³/mol. The zero-order valence-corrected chi connectivity index (χ0v) is 16.3. The Morgan fingerprint density at radius 1 is 0.600 bits per heavy atom. The second-order valence-electron chi connectivity index (χ2n) is 6.58. The molecule has 0 aliphatic carbocycles. The van der Waals surface area contributed by atoms with Crippen molar-refractivity contribution in [2.45, 2.75) is 12.2 Å². The van der Waals surface area contributed by atoms with E-state index in [4.69, 9.17) is 55.8 Å². The van der Waals surface area contributed by atoms with Crippen molar-refractivity contribution < 1.29 is 70.1 Å². The molecule has 0 heterocycles. The van der Waals surface area contributed by atoms with Crippen LogP contribution in [0.2, 0.25) is 0 Å². The number of aliphatic hydroxyl groups is 10. The fraction of sp³-hybridized carbons (Fsp3) is 0.875. The van der Waals surface area contributed by atoms with Gasteiger partial charge in [0.25, 0.3) is 0 Å². The topological polar surface area (TPSA) is 255 Å². The first-order chi connectivity index (χ1) is 14.1. The Kier molecular flexibility index (Phi) is 16.9. The molecule has 180 valence electrons. The van der Waals surface area contributed by atoms with Crippen LogP contribution in [0.1, 0.15) is 0 Å². The zero-order chi connectivity index (χ0) is 23.8. The maximum atomic E-state index is 10.6. The van der Waals surface area contributed by atoms with E-state index in [1.54, 1.807) is 0 Å². The molecule has 2 unspecified atom stereocenters. The minimum atomic E-state index is -1.82. The van der Waals surface area contributed by atoms with E-state index in [1.807, 2.05) is 0 Å². The minimum absolute atomic E-state index is 0.141. The van der Waals surface area contributed by atoms with Crippen LogP contribution in [0.3, 0.4) is 0 Å². The quantitative estimate of drug-likeness (QED) is 0.0876. The van der Waals surface area contributed by atoms with Crippen molar-refractivity contribution in [3.63, 3.8) is 0 Å². The van der Waals surface area contributed by atoms with Crippen LogP contribution >= 0.6 is 0 Å². The lowest BCUT2D eigenvalue weighted by Gasteiger charge is -2.31. The van der Waals surface area contributed by atoms with Gasteiger partial charge in [0.1, 0.15) is 0 Å². The van der Waals surface area contributed by atoms with Crippen molar-refractivity contribution in [3.05, 3.63) is 0 Å².